The van der Waals surface area contributed by atoms with E-state index in [2.05, 4.69) is 5.32 Å². The highest BCUT2D eigenvalue weighted by Gasteiger charge is 2.47. The molecule has 0 spiro atoms. The second-order valence-electron chi connectivity index (χ2n) is 8.69. The highest BCUT2D eigenvalue weighted by atomic mass is 35.5. The number of amides is 2. The SMILES string of the molecule is COC(=O)C1=C(c2ccc(Cl)c(C(F)(F)F)c2)CC2CCC1N2C(=O)NCCOc1ccc(OC)cc1. The van der Waals surface area contributed by atoms with Gasteiger partial charge in [0.2, 0.25) is 0 Å². The predicted octanol–water partition coefficient (Wildman–Crippen LogP) is 5.32. The van der Waals surface area contributed by atoms with Crippen LogP contribution in [0.25, 0.3) is 5.57 Å². The van der Waals surface area contributed by atoms with Gasteiger partial charge in [-0.2, -0.15) is 13.2 Å². The first-order valence-corrected chi connectivity index (χ1v) is 12.0. The Balaban J connectivity index is 1.51. The number of nitrogens with one attached hydrogen (secondary N) is 1. The van der Waals surface area contributed by atoms with E-state index in [0.717, 1.165) is 6.07 Å². The van der Waals surface area contributed by atoms with Crippen molar-refractivity contribution in [1.82, 2.24) is 10.2 Å². The van der Waals surface area contributed by atoms with E-state index < -0.39 is 28.8 Å². The van der Waals surface area contributed by atoms with Crippen molar-refractivity contribution in [3.05, 3.63) is 64.2 Å². The lowest BCUT2D eigenvalue weighted by Crippen LogP contribution is -2.51. The predicted molar refractivity (Wildman–Crippen MR) is 131 cm³/mol. The summed E-state index contributed by atoms with van der Waals surface area (Å²) in [6.07, 6.45) is -3.33. The molecule has 7 nitrogen and oxygen atoms in total. The normalized spacial score (nSPS) is 19.0. The fraction of sp³-hybridized carbons (Fsp3) is 0.385. The number of nitrogens with zero attached hydrogens (tertiary/aromatic N) is 1. The third kappa shape index (κ3) is 5.64. The highest BCUT2D eigenvalue weighted by molar-refractivity contribution is 6.31. The zero-order valence-corrected chi connectivity index (χ0v) is 21.0. The van der Waals surface area contributed by atoms with Gasteiger partial charge < -0.3 is 24.4 Å². The number of ether oxygens (including phenoxy) is 3. The number of hydrogen-bond acceptors (Lipinski definition) is 5. The summed E-state index contributed by atoms with van der Waals surface area (Å²) in [5.74, 6) is 0.641. The second kappa shape index (κ2) is 10.9. The quantitative estimate of drug-likeness (QED) is 0.381. The zero-order chi connectivity index (χ0) is 26.7. The molecule has 2 aromatic carbocycles. The van der Waals surface area contributed by atoms with Crippen LogP contribution < -0.4 is 14.8 Å². The van der Waals surface area contributed by atoms with Crippen LogP contribution in [0.4, 0.5) is 18.0 Å². The van der Waals surface area contributed by atoms with Crippen molar-refractivity contribution in [3.63, 3.8) is 0 Å². The van der Waals surface area contributed by atoms with E-state index in [9.17, 15) is 22.8 Å². The van der Waals surface area contributed by atoms with Gasteiger partial charge in [-0.05, 0) is 66.8 Å². The maximum atomic E-state index is 13.5. The molecule has 2 aliphatic heterocycles. The molecule has 1 fully saturated rings. The van der Waals surface area contributed by atoms with Crippen molar-refractivity contribution in [2.24, 2.45) is 0 Å². The molecular formula is C26H26ClF3N2O5. The zero-order valence-electron chi connectivity index (χ0n) is 20.2. The van der Waals surface area contributed by atoms with Crippen molar-refractivity contribution in [1.29, 1.82) is 0 Å². The number of urea groups is 1. The molecule has 2 aliphatic rings. The minimum absolute atomic E-state index is 0.191. The van der Waals surface area contributed by atoms with Crippen molar-refractivity contribution in [2.45, 2.75) is 37.5 Å². The molecule has 1 saturated heterocycles. The summed E-state index contributed by atoms with van der Waals surface area (Å²) in [5, 5.41) is 2.39. The first-order chi connectivity index (χ1) is 17.6. The average Bonchev–Trinajstić information content (AvgIpc) is 3.19. The molecule has 2 bridgehead atoms. The van der Waals surface area contributed by atoms with E-state index in [-0.39, 0.29) is 42.8 Å². The smallest absolute Gasteiger partial charge is 0.417 e. The maximum Gasteiger partial charge on any atom is 0.417 e. The number of carbonyl (C=O) groups is 2. The number of hydrogen-bond donors (Lipinski definition) is 1. The fourth-order valence-electron chi connectivity index (χ4n) is 4.88. The molecule has 2 atom stereocenters. The molecule has 0 aromatic heterocycles. The van der Waals surface area contributed by atoms with Gasteiger partial charge in [-0.1, -0.05) is 17.7 Å². The standard InChI is InChI=1S/C26H26ClF3N2O5/c1-35-17-5-7-18(8-6-17)37-12-11-31-25(34)32-16-4-10-22(32)23(24(33)36-2)19(14-16)15-3-9-21(27)20(13-15)26(28,29)30/h3,5-9,13,16,22H,4,10-12,14H2,1-2H3,(H,31,34). The van der Waals surface area contributed by atoms with Crippen LogP contribution in [0.1, 0.15) is 30.4 Å². The van der Waals surface area contributed by atoms with Gasteiger partial charge in [0.15, 0.2) is 0 Å². The summed E-state index contributed by atoms with van der Waals surface area (Å²) in [7, 11) is 2.77. The molecular weight excluding hydrogens is 513 g/mol. The van der Waals surface area contributed by atoms with Gasteiger partial charge in [0.25, 0.3) is 0 Å². The highest BCUT2D eigenvalue weighted by Crippen LogP contribution is 2.45. The Hall–Kier alpha value is -3.40. The van der Waals surface area contributed by atoms with Gasteiger partial charge in [-0.3, -0.25) is 0 Å². The second-order valence-corrected chi connectivity index (χ2v) is 9.10. The molecule has 2 aromatic rings. The van der Waals surface area contributed by atoms with Gasteiger partial charge in [0.05, 0.1) is 43.0 Å². The Morgan fingerprint density at radius 3 is 2.43 bits per heavy atom. The largest absolute Gasteiger partial charge is 0.497 e. The Kier molecular flexibility index (Phi) is 7.87. The molecule has 1 N–H and O–H groups in total. The number of rotatable bonds is 7. The van der Waals surface area contributed by atoms with Crippen LogP contribution in [0.5, 0.6) is 11.5 Å². The third-order valence-corrected chi connectivity index (χ3v) is 6.90. The van der Waals surface area contributed by atoms with E-state index in [4.69, 9.17) is 25.8 Å². The fourth-order valence-corrected chi connectivity index (χ4v) is 5.11. The summed E-state index contributed by atoms with van der Waals surface area (Å²) in [6.45, 7) is 0.439. The van der Waals surface area contributed by atoms with Crippen LogP contribution in [-0.4, -0.2) is 56.4 Å². The molecule has 4 rings (SSSR count). The maximum absolute atomic E-state index is 13.5. The number of esters is 1. The summed E-state index contributed by atoms with van der Waals surface area (Å²) in [5.41, 5.74) is -0.112. The lowest BCUT2D eigenvalue weighted by atomic mass is 9.87. The van der Waals surface area contributed by atoms with Gasteiger partial charge in [-0.25, -0.2) is 9.59 Å². The lowest BCUT2D eigenvalue weighted by molar-refractivity contribution is -0.137. The molecule has 37 heavy (non-hydrogen) atoms. The summed E-state index contributed by atoms with van der Waals surface area (Å²) in [4.78, 5) is 27.5. The molecule has 2 heterocycles. The van der Waals surface area contributed by atoms with Crippen molar-refractivity contribution in [2.75, 3.05) is 27.4 Å². The number of alkyl halides is 3. The van der Waals surface area contributed by atoms with Gasteiger partial charge in [-0.15, -0.1) is 0 Å². The number of carbonyl (C=O) groups excluding carboxylic acids is 2. The molecule has 198 valence electrons. The van der Waals surface area contributed by atoms with Crippen LogP contribution in [0.3, 0.4) is 0 Å². The number of fused-ring (bicyclic) bond motifs is 2. The van der Waals surface area contributed by atoms with Crippen molar-refractivity contribution in [3.8, 4) is 11.5 Å². The van der Waals surface area contributed by atoms with Crippen LogP contribution in [0.15, 0.2) is 48.0 Å². The van der Waals surface area contributed by atoms with Crippen LogP contribution in [0.2, 0.25) is 5.02 Å². The first kappa shape index (κ1) is 26.7. The van der Waals surface area contributed by atoms with Crippen LogP contribution >= 0.6 is 11.6 Å². The minimum Gasteiger partial charge on any atom is -0.497 e. The molecule has 0 saturated carbocycles. The van der Waals surface area contributed by atoms with Gasteiger partial charge in [0, 0.05) is 6.04 Å². The summed E-state index contributed by atoms with van der Waals surface area (Å²) >= 11 is 5.79. The molecule has 11 heteroatoms. The number of benzene rings is 2. The molecule has 2 amide bonds. The van der Waals surface area contributed by atoms with E-state index in [1.165, 1.54) is 19.2 Å². The van der Waals surface area contributed by atoms with Gasteiger partial charge >= 0.3 is 18.2 Å². The molecule has 0 radical (unpaired) electrons. The van der Waals surface area contributed by atoms with E-state index in [0.29, 0.717) is 29.9 Å². The molecule has 2 unspecified atom stereocenters. The van der Waals surface area contributed by atoms with Gasteiger partial charge in [0.1, 0.15) is 18.1 Å². The Morgan fingerprint density at radius 2 is 1.78 bits per heavy atom. The number of halogens is 4. The Morgan fingerprint density at radius 1 is 1.08 bits per heavy atom. The van der Waals surface area contributed by atoms with Crippen LogP contribution in [-0.2, 0) is 15.7 Å². The van der Waals surface area contributed by atoms with E-state index in [1.807, 2.05) is 0 Å². The average molecular weight is 539 g/mol. The molecule has 0 aliphatic carbocycles. The van der Waals surface area contributed by atoms with Crippen molar-refractivity contribution >= 4 is 29.2 Å². The van der Waals surface area contributed by atoms with Crippen molar-refractivity contribution < 1.29 is 37.0 Å². The summed E-state index contributed by atoms with van der Waals surface area (Å²) < 4.78 is 56.1. The minimum atomic E-state index is -4.65. The Bertz CT molecular complexity index is 1200. The van der Waals surface area contributed by atoms with E-state index >= 15 is 0 Å². The number of methoxy groups -OCH3 is 2. The third-order valence-electron chi connectivity index (χ3n) is 6.57. The van der Waals surface area contributed by atoms with Crippen LogP contribution in [0, 0.1) is 0 Å². The lowest BCUT2D eigenvalue weighted by Gasteiger charge is -2.37. The summed E-state index contributed by atoms with van der Waals surface area (Å²) in [6, 6.07) is 9.33. The first-order valence-electron chi connectivity index (χ1n) is 11.7. The topological polar surface area (TPSA) is 77.1 Å². The Labute approximate surface area is 217 Å². The monoisotopic (exact) mass is 538 g/mol. The van der Waals surface area contributed by atoms with E-state index in [1.54, 1.807) is 36.3 Å².